The number of aromatic nitrogens is 3. The number of thiazole rings is 1. The molecule has 0 spiro atoms. The van der Waals surface area contributed by atoms with Gasteiger partial charge in [-0.25, -0.2) is 9.97 Å². The molecule has 1 N–H and O–H groups in total. The van der Waals surface area contributed by atoms with Crippen LogP contribution in [0.3, 0.4) is 0 Å². The second kappa shape index (κ2) is 3.86. The number of hydrogen-bond donors (Lipinski definition) is 1. The van der Waals surface area contributed by atoms with Gasteiger partial charge in [0.1, 0.15) is 5.82 Å². The summed E-state index contributed by atoms with van der Waals surface area (Å²) in [5.74, 6) is 1.65. The molecule has 1 aliphatic carbocycles. The third kappa shape index (κ3) is 2.15. The first-order valence-corrected chi connectivity index (χ1v) is 6.58. The first-order valence-electron chi connectivity index (χ1n) is 4.86. The van der Waals surface area contributed by atoms with Crippen LogP contribution in [0.2, 0.25) is 0 Å². The summed E-state index contributed by atoms with van der Waals surface area (Å²) >= 11 is 3.05. The lowest BCUT2D eigenvalue weighted by Crippen LogP contribution is -1.98. The monoisotopic (exact) mass is 238 g/mol. The van der Waals surface area contributed by atoms with Gasteiger partial charge in [0.15, 0.2) is 0 Å². The smallest absolute Gasteiger partial charge is 0.202 e. The molecule has 6 heteroatoms. The fourth-order valence-corrected chi connectivity index (χ4v) is 2.50. The van der Waals surface area contributed by atoms with E-state index >= 15 is 0 Å². The second-order valence-corrected chi connectivity index (χ2v) is 5.04. The van der Waals surface area contributed by atoms with Crippen molar-refractivity contribution in [2.24, 2.45) is 0 Å². The zero-order valence-corrected chi connectivity index (χ0v) is 9.64. The van der Waals surface area contributed by atoms with Crippen molar-refractivity contribution in [2.45, 2.75) is 25.3 Å². The molecular weight excluding hydrogens is 228 g/mol. The summed E-state index contributed by atoms with van der Waals surface area (Å²) in [6.45, 7) is 0.739. The SMILES string of the molecule is c1nc(CNc2nc(C3CC3)ns2)cs1. The summed E-state index contributed by atoms with van der Waals surface area (Å²) in [6, 6.07) is 0. The Balaban J connectivity index is 1.61. The Morgan fingerprint density at radius 1 is 1.47 bits per heavy atom. The van der Waals surface area contributed by atoms with Crippen molar-refractivity contribution >= 4 is 28.0 Å². The van der Waals surface area contributed by atoms with Crippen LogP contribution in [0.1, 0.15) is 30.3 Å². The second-order valence-electron chi connectivity index (χ2n) is 3.57. The number of nitrogens with one attached hydrogen (secondary N) is 1. The Morgan fingerprint density at radius 3 is 3.13 bits per heavy atom. The fraction of sp³-hybridized carbons (Fsp3) is 0.444. The van der Waals surface area contributed by atoms with Crippen molar-refractivity contribution in [3.05, 3.63) is 22.4 Å². The highest BCUT2D eigenvalue weighted by molar-refractivity contribution is 7.09. The molecule has 78 valence electrons. The largest absolute Gasteiger partial charge is 0.355 e. The topological polar surface area (TPSA) is 50.7 Å². The van der Waals surface area contributed by atoms with Crippen LogP contribution in [0.5, 0.6) is 0 Å². The first-order chi connectivity index (χ1) is 7.42. The molecule has 4 nitrogen and oxygen atoms in total. The zero-order chi connectivity index (χ0) is 10.1. The van der Waals surface area contributed by atoms with Crippen LogP contribution in [-0.2, 0) is 6.54 Å². The third-order valence-corrected chi connectivity index (χ3v) is 3.61. The number of anilines is 1. The van der Waals surface area contributed by atoms with Gasteiger partial charge in [0.2, 0.25) is 5.13 Å². The van der Waals surface area contributed by atoms with E-state index in [1.54, 1.807) is 11.3 Å². The molecule has 2 heterocycles. The van der Waals surface area contributed by atoms with Gasteiger partial charge >= 0.3 is 0 Å². The van der Waals surface area contributed by atoms with Gasteiger partial charge < -0.3 is 5.32 Å². The number of hydrogen-bond acceptors (Lipinski definition) is 6. The van der Waals surface area contributed by atoms with Crippen molar-refractivity contribution in [2.75, 3.05) is 5.32 Å². The van der Waals surface area contributed by atoms with E-state index in [9.17, 15) is 0 Å². The summed E-state index contributed by atoms with van der Waals surface area (Å²) in [6.07, 6.45) is 2.50. The van der Waals surface area contributed by atoms with E-state index in [0.717, 1.165) is 23.2 Å². The van der Waals surface area contributed by atoms with E-state index in [2.05, 4.69) is 19.7 Å². The minimum Gasteiger partial charge on any atom is -0.355 e. The Morgan fingerprint density at radius 2 is 2.40 bits per heavy atom. The first kappa shape index (κ1) is 9.23. The van der Waals surface area contributed by atoms with Crippen LogP contribution in [0.15, 0.2) is 10.9 Å². The molecule has 15 heavy (non-hydrogen) atoms. The van der Waals surface area contributed by atoms with Crippen LogP contribution in [0.4, 0.5) is 5.13 Å². The molecule has 0 amide bonds. The van der Waals surface area contributed by atoms with Crippen LogP contribution in [-0.4, -0.2) is 14.3 Å². The quantitative estimate of drug-likeness (QED) is 0.889. The number of rotatable bonds is 4. The molecule has 2 aromatic heterocycles. The van der Waals surface area contributed by atoms with Crippen LogP contribution < -0.4 is 5.32 Å². The van der Waals surface area contributed by atoms with Gasteiger partial charge in [0.25, 0.3) is 0 Å². The predicted molar refractivity (Wildman–Crippen MR) is 61.3 cm³/mol. The Hall–Kier alpha value is -1.01. The Labute approximate surface area is 95.6 Å². The van der Waals surface area contributed by atoms with Gasteiger partial charge in [-0.1, -0.05) is 0 Å². The third-order valence-electron chi connectivity index (χ3n) is 2.29. The molecule has 1 saturated carbocycles. The lowest BCUT2D eigenvalue weighted by molar-refractivity contribution is 0.976. The van der Waals surface area contributed by atoms with Gasteiger partial charge in [-0.15, -0.1) is 11.3 Å². The van der Waals surface area contributed by atoms with E-state index < -0.39 is 0 Å². The lowest BCUT2D eigenvalue weighted by Gasteiger charge is -1.96. The molecule has 0 aliphatic heterocycles. The summed E-state index contributed by atoms with van der Waals surface area (Å²) in [5, 5.41) is 6.18. The Kier molecular flexibility index (Phi) is 2.38. The molecular formula is C9H10N4S2. The molecule has 0 atom stereocenters. The van der Waals surface area contributed by atoms with Crippen LogP contribution >= 0.6 is 22.9 Å². The standard InChI is InChI=1S/C9H10N4S2/c1-2-6(1)8-12-9(15-13-8)10-3-7-4-14-5-11-7/h4-6H,1-3H2,(H,10,12,13). The highest BCUT2D eigenvalue weighted by Crippen LogP contribution is 2.39. The fourth-order valence-electron chi connectivity index (χ4n) is 1.31. The number of nitrogens with zero attached hydrogens (tertiary/aromatic N) is 3. The van der Waals surface area contributed by atoms with Gasteiger partial charge in [0.05, 0.1) is 17.7 Å². The van der Waals surface area contributed by atoms with Crippen LogP contribution in [0.25, 0.3) is 0 Å². The molecule has 0 radical (unpaired) electrons. The van der Waals surface area contributed by atoms with Crippen molar-refractivity contribution in [3.63, 3.8) is 0 Å². The predicted octanol–water partition coefficient (Wildman–Crippen LogP) is 2.48. The maximum atomic E-state index is 4.44. The van der Waals surface area contributed by atoms with Crippen molar-refractivity contribution in [1.29, 1.82) is 0 Å². The van der Waals surface area contributed by atoms with Gasteiger partial charge in [-0.2, -0.15) is 4.37 Å². The minimum absolute atomic E-state index is 0.635. The molecule has 1 fully saturated rings. The van der Waals surface area contributed by atoms with E-state index in [1.165, 1.54) is 24.4 Å². The normalized spacial score (nSPS) is 15.5. The van der Waals surface area contributed by atoms with Gasteiger partial charge in [-0.05, 0) is 12.8 Å². The van der Waals surface area contributed by atoms with Crippen LogP contribution in [0, 0.1) is 0 Å². The van der Waals surface area contributed by atoms with E-state index in [0.29, 0.717) is 5.92 Å². The summed E-state index contributed by atoms with van der Waals surface area (Å²) in [5.41, 5.74) is 2.90. The van der Waals surface area contributed by atoms with Gasteiger partial charge in [0, 0.05) is 22.8 Å². The molecule has 0 aromatic carbocycles. The average molecular weight is 238 g/mol. The summed E-state index contributed by atoms with van der Waals surface area (Å²) in [7, 11) is 0. The van der Waals surface area contributed by atoms with Crippen molar-refractivity contribution in [3.8, 4) is 0 Å². The van der Waals surface area contributed by atoms with E-state index in [4.69, 9.17) is 0 Å². The van der Waals surface area contributed by atoms with Crippen molar-refractivity contribution < 1.29 is 0 Å². The molecule has 3 rings (SSSR count). The minimum atomic E-state index is 0.635. The lowest BCUT2D eigenvalue weighted by atomic mass is 10.4. The maximum Gasteiger partial charge on any atom is 0.202 e. The highest BCUT2D eigenvalue weighted by Gasteiger charge is 2.27. The molecule has 0 unspecified atom stereocenters. The average Bonchev–Trinajstić information content (AvgIpc) is 2.82. The van der Waals surface area contributed by atoms with E-state index in [-0.39, 0.29) is 0 Å². The molecule has 0 saturated heterocycles. The maximum absolute atomic E-state index is 4.44. The van der Waals surface area contributed by atoms with Crippen molar-refractivity contribution in [1.82, 2.24) is 14.3 Å². The van der Waals surface area contributed by atoms with E-state index in [1.807, 2.05) is 10.9 Å². The molecule has 0 bridgehead atoms. The summed E-state index contributed by atoms with van der Waals surface area (Å²) < 4.78 is 4.33. The van der Waals surface area contributed by atoms with Gasteiger partial charge in [-0.3, -0.25) is 0 Å². The Bertz CT molecular complexity index is 433. The molecule has 2 aromatic rings. The highest BCUT2D eigenvalue weighted by atomic mass is 32.1. The summed E-state index contributed by atoms with van der Waals surface area (Å²) in [4.78, 5) is 8.64. The molecule has 1 aliphatic rings. The zero-order valence-electron chi connectivity index (χ0n) is 8.01.